The molecule has 0 bridgehead atoms. The monoisotopic (exact) mass is 326 g/mol. The van der Waals surface area contributed by atoms with E-state index in [1.54, 1.807) is 6.20 Å². The summed E-state index contributed by atoms with van der Waals surface area (Å²) in [5.74, 6) is 0.873. The van der Waals surface area contributed by atoms with Gasteiger partial charge in [-0.25, -0.2) is 0 Å². The third-order valence-corrected chi connectivity index (χ3v) is 4.08. The number of hydrogen-bond donors (Lipinski definition) is 0. The number of aromatic nitrogens is 1. The number of aldehydes is 1. The second-order valence-corrected chi connectivity index (χ2v) is 5.74. The number of rotatable bonds is 7. The molecule has 1 aromatic heterocycles. The van der Waals surface area contributed by atoms with E-state index in [0.29, 0.717) is 13.0 Å². The van der Waals surface area contributed by atoms with Gasteiger partial charge in [0.15, 0.2) is 0 Å². The standard InChI is InChI=1S/C19H22N2O3/c22-11-7-18-4-1-17(15-20-18)16-2-5-19(6-3-16)24-14-10-21-8-12-23-13-9-21/h1-6,11,15H,7-10,12-14H2. The van der Waals surface area contributed by atoms with Gasteiger partial charge < -0.3 is 14.3 Å². The Balaban J connectivity index is 1.51. The largest absolute Gasteiger partial charge is 0.492 e. The van der Waals surface area contributed by atoms with Crippen molar-refractivity contribution >= 4 is 6.29 Å². The SMILES string of the molecule is O=CCc1ccc(-c2ccc(OCCN3CCOCC3)cc2)cn1. The number of ether oxygens (including phenoxy) is 2. The lowest BCUT2D eigenvalue weighted by atomic mass is 10.1. The molecule has 0 unspecified atom stereocenters. The zero-order valence-electron chi connectivity index (χ0n) is 13.7. The van der Waals surface area contributed by atoms with Crippen molar-refractivity contribution in [2.75, 3.05) is 39.5 Å². The summed E-state index contributed by atoms with van der Waals surface area (Å²) in [7, 11) is 0. The average molecular weight is 326 g/mol. The van der Waals surface area contributed by atoms with Gasteiger partial charge in [0.1, 0.15) is 18.6 Å². The smallest absolute Gasteiger partial charge is 0.125 e. The molecule has 5 nitrogen and oxygen atoms in total. The lowest BCUT2D eigenvalue weighted by Gasteiger charge is -2.26. The van der Waals surface area contributed by atoms with Gasteiger partial charge in [-0.2, -0.15) is 0 Å². The molecule has 0 atom stereocenters. The summed E-state index contributed by atoms with van der Waals surface area (Å²) in [5.41, 5.74) is 2.90. The van der Waals surface area contributed by atoms with Gasteiger partial charge in [-0.1, -0.05) is 18.2 Å². The van der Waals surface area contributed by atoms with Gasteiger partial charge in [0.05, 0.1) is 13.2 Å². The lowest BCUT2D eigenvalue weighted by molar-refractivity contribution is -0.107. The normalized spacial score (nSPS) is 15.2. The Morgan fingerprint density at radius 3 is 2.50 bits per heavy atom. The van der Waals surface area contributed by atoms with Crippen molar-refractivity contribution < 1.29 is 14.3 Å². The molecule has 0 amide bonds. The van der Waals surface area contributed by atoms with Crippen LogP contribution in [0.1, 0.15) is 5.69 Å². The minimum absolute atomic E-state index is 0.357. The van der Waals surface area contributed by atoms with Crippen LogP contribution in [0.15, 0.2) is 42.6 Å². The summed E-state index contributed by atoms with van der Waals surface area (Å²) in [5, 5.41) is 0. The van der Waals surface area contributed by atoms with Crippen molar-refractivity contribution in [1.82, 2.24) is 9.88 Å². The molecular weight excluding hydrogens is 304 g/mol. The molecule has 1 aromatic carbocycles. The molecule has 0 aliphatic carbocycles. The third-order valence-electron chi connectivity index (χ3n) is 4.08. The highest BCUT2D eigenvalue weighted by atomic mass is 16.5. The first kappa shape index (κ1) is 16.6. The molecule has 1 fully saturated rings. The van der Waals surface area contributed by atoms with Gasteiger partial charge in [-0.05, 0) is 23.8 Å². The average Bonchev–Trinajstić information content (AvgIpc) is 2.64. The maximum Gasteiger partial charge on any atom is 0.125 e. The van der Waals surface area contributed by atoms with Crippen LogP contribution >= 0.6 is 0 Å². The fourth-order valence-corrected chi connectivity index (χ4v) is 2.66. The number of pyridine rings is 1. The summed E-state index contributed by atoms with van der Waals surface area (Å²) in [4.78, 5) is 17.1. The van der Waals surface area contributed by atoms with Gasteiger partial charge >= 0.3 is 0 Å². The van der Waals surface area contributed by atoms with Crippen molar-refractivity contribution in [2.45, 2.75) is 6.42 Å². The van der Waals surface area contributed by atoms with Crippen LogP contribution in [0, 0.1) is 0 Å². The van der Waals surface area contributed by atoms with E-state index in [1.165, 1.54) is 0 Å². The van der Waals surface area contributed by atoms with Gasteiger partial charge in [0, 0.05) is 43.5 Å². The molecule has 24 heavy (non-hydrogen) atoms. The van der Waals surface area contributed by atoms with Crippen LogP contribution in [0.3, 0.4) is 0 Å². The predicted molar refractivity (Wildman–Crippen MR) is 92.2 cm³/mol. The molecule has 5 heteroatoms. The van der Waals surface area contributed by atoms with E-state index >= 15 is 0 Å². The van der Waals surface area contributed by atoms with Gasteiger partial charge in [-0.15, -0.1) is 0 Å². The molecule has 0 saturated carbocycles. The van der Waals surface area contributed by atoms with Crippen molar-refractivity contribution in [3.8, 4) is 16.9 Å². The highest BCUT2D eigenvalue weighted by Crippen LogP contribution is 2.22. The summed E-state index contributed by atoms with van der Waals surface area (Å²) >= 11 is 0. The quantitative estimate of drug-likeness (QED) is 0.730. The molecule has 1 saturated heterocycles. The minimum atomic E-state index is 0.357. The summed E-state index contributed by atoms with van der Waals surface area (Å²) in [6, 6.07) is 11.9. The fraction of sp³-hybridized carbons (Fsp3) is 0.368. The van der Waals surface area contributed by atoms with Crippen molar-refractivity contribution in [3.63, 3.8) is 0 Å². The second kappa shape index (κ2) is 8.57. The molecule has 0 radical (unpaired) electrons. The van der Waals surface area contributed by atoms with E-state index in [2.05, 4.69) is 9.88 Å². The Hall–Kier alpha value is -2.24. The van der Waals surface area contributed by atoms with E-state index in [0.717, 1.165) is 61.7 Å². The van der Waals surface area contributed by atoms with Crippen molar-refractivity contribution in [3.05, 3.63) is 48.3 Å². The molecule has 0 N–H and O–H groups in total. The molecule has 2 aromatic rings. The number of benzene rings is 1. The van der Waals surface area contributed by atoms with E-state index < -0.39 is 0 Å². The molecule has 1 aliphatic heterocycles. The van der Waals surface area contributed by atoms with Crippen LogP contribution in [-0.4, -0.2) is 55.6 Å². The van der Waals surface area contributed by atoms with Crippen LogP contribution in [0.5, 0.6) is 5.75 Å². The third kappa shape index (κ3) is 4.63. The topological polar surface area (TPSA) is 51.7 Å². The predicted octanol–water partition coefficient (Wildman–Crippen LogP) is 2.20. The van der Waals surface area contributed by atoms with E-state index in [-0.39, 0.29) is 0 Å². The highest BCUT2D eigenvalue weighted by molar-refractivity contribution is 5.63. The first-order valence-corrected chi connectivity index (χ1v) is 8.27. The zero-order valence-corrected chi connectivity index (χ0v) is 13.7. The van der Waals surface area contributed by atoms with Crippen LogP contribution in [0.4, 0.5) is 0 Å². The number of morpholine rings is 1. The lowest BCUT2D eigenvalue weighted by Crippen LogP contribution is -2.38. The van der Waals surface area contributed by atoms with Crippen LogP contribution in [0.2, 0.25) is 0 Å². The Bertz CT molecular complexity index is 635. The number of hydrogen-bond acceptors (Lipinski definition) is 5. The maximum atomic E-state index is 10.5. The number of nitrogens with zero attached hydrogens (tertiary/aromatic N) is 2. The number of carbonyl (C=O) groups is 1. The van der Waals surface area contributed by atoms with Crippen LogP contribution in [0.25, 0.3) is 11.1 Å². The molecule has 3 rings (SSSR count). The first-order chi connectivity index (χ1) is 11.8. The molecule has 1 aliphatic rings. The van der Waals surface area contributed by atoms with E-state index in [1.807, 2.05) is 36.4 Å². The minimum Gasteiger partial charge on any atom is -0.492 e. The van der Waals surface area contributed by atoms with E-state index in [4.69, 9.17) is 9.47 Å². The molecule has 2 heterocycles. The van der Waals surface area contributed by atoms with Crippen molar-refractivity contribution in [2.24, 2.45) is 0 Å². The molecular formula is C19H22N2O3. The second-order valence-electron chi connectivity index (χ2n) is 5.74. The maximum absolute atomic E-state index is 10.5. The van der Waals surface area contributed by atoms with Gasteiger partial charge in [0.2, 0.25) is 0 Å². The van der Waals surface area contributed by atoms with Crippen LogP contribution in [-0.2, 0) is 16.0 Å². The fourth-order valence-electron chi connectivity index (χ4n) is 2.66. The molecule has 126 valence electrons. The number of carbonyl (C=O) groups excluding carboxylic acids is 1. The van der Waals surface area contributed by atoms with Gasteiger partial charge in [-0.3, -0.25) is 9.88 Å². The molecule has 0 spiro atoms. The van der Waals surface area contributed by atoms with Crippen molar-refractivity contribution in [1.29, 1.82) is 0 Å². The first-order valence-electron chi connectivity index (χ1n) is 8.27. The van der Waals surface area contributed by atoms with Gasteiger partial charge in [0.25, 0.3) is 0 Å². The Morgan fingerprint density at radius 2 is 1.83 bits per heavy atom. The summed E-state index contributed by atoms with van der Waals surface area (Å²) in [6.07, 6.45) is 3.02. The summed E-state index contributed by atoms with van der Waals surface area (Å²) < 4.78 is 11.1. The zero-order chi connectivity index (χ0) is 16.6. The Labute approximate surface area is 142 Å². The Morgan fingerprint density at radius 1 is 1.08 bits per heavy atom. The summed E-state index contributed by atoms with van der Waals surface area (Å²) in [6.45, 7) is 5.20. The van der Waals surface area contributed by atoms with Crippen LogP contribution < -0.4 is 4.74 Å². The Kier molecular flexibility index (Phi) is 5.93. The van der Waals surface area contributed by atoms with E-state index in [9.17, 15) is 4.79 Å². The highest BCUT2D eigenvalue weighted by Gasteiger charge is 2.09.